The standard InChI is InChI=1S/C8H7O3S/c9-7(11-8(10)12)6-4-2-1-3-5-6/h1-5,7,9H. The molecular formula is C8H7O3S. The highest BCUT2D eigenvalue weighted by molar-refractivity contribution is 7.96. The van der Waals surface area contributed by atoms with Gasteiger partial charge in [0.2, 0.25) is 6.29 Å². The van der Waals surface area contributed by atoms with Crippen molar-refractivity contribution in [2.24, 2.45) is 0 Å². The summed E-state index contributed by atoms with van der Waals surface area (Å²) < 4.78 is 4.37. The molecule has 0 amide bonds. The van der Waals surface area contributed by atoms with Gasteiger partial charge in [0.25, 0.3) is 0 Å². The van der Waals surface area contributed by atoms with E-state index in [0.717, 1.165) is 0 Å². The van der Waals surface area contributed by atoms with Gasteiger partial charge >= 0.3 is 5.30 Å². The van der Waals surface area contributed by atoms with Gasteiger partial charge in [-0.2, -0.15) is 0 Å². The Bertz CT molecular complexity index is 260. The van der Waals surface area contributed by atoms with E-state index in [1.165, 1.54) is 0 Å². The zero-order chi connectivity index (χ0) is 8.97. The third kappa shape index (κ3) is 2.48. The van der Waals surface area contributed by atoms with Crippen LogP contribution in [-0.2, 0) is 4.74 Å². The first kappa shape index (κ1) is 8.96. The molecule has 0 heterocycles. The van der Waals surface area contributed by atoms with Gasteiger partial charge in [0.05, 0.1) is 0 Å². The highest BCUT2D eigenvalue weighted by atomic mass is 32.1. The maximum Gasteiger partial charge on any atom is 0.402 e. The van der Waals surface area contributed by atoms with Gasteiger partial charge in [-0.05, 0) is 0 Å². The summed E-state index contributed by atoms with van der Waals surface area (Å²) in [4.78, 5) is 10.3. The molecular weight excluding hydrogens is 176 g/mol. The Hall–Kier alpha value is -1.13. The average molecular weight is 183 g/mol. The molecule has 0 aliphatic heterocycles. The van der Waals surface area contributed by atoms with Gasteiger partial charge in [0.15, 0.2) is 0 Å². The van der Waals surface area contributed by atoms with Crippen LogP contribution in [-0.4, -0.2) is 10.4 Å². The molecule has 1 radical (unpaired) electrons. The monoisotopic (exact) mass is 183 g/mol. The Morgan fingerprint density at radius 2 is 2.00 bits per heavy atom. The van der Waals surface area contributed by atoms with Crippen molar-refractivity contribution in [2.45, 2.75) is 6.29 Å². The first-order valence-corrected chi connectivity index (χ1v) is 3.71. The summed E-state index contributed by atoms with van der Waals surface area (Å²) in [7, 11) is 0. The lowest BCUT2D eigenvalue weighted by Crippen LogP contribution is -2.04. The van der Waals surface area contributed by atoms with Crippen LogP contribution in [0.15, 0.2) is 30.3 Å². The van der Waals surface area contributed by atoms with Gasteiger partial charge in [0.1, 0.15) is 0 Å². The van der Waals surface area contributed by atoms with Crippen LogP contribution < -0.4 is 0 Å². The van der Waals surface area contributed by atoms with Gasteiger partial charge in [-0.25, -0.2) is 4.79 Å². The Morgan fingerprint density at radius 3 is 2.50 bits per heavy atom. The minimum atomic E-state index is -1.25. The normalized spacial score (nSPS) is 12.1. The van der Waals surface area contributed by atoms with Gasteiger partial charge < -0.3 is 9.84 Å². The second-order valence-corrected chi connectivity index (χ2v) is 2.46. The Morgan fingerprint density at radius 1 is 1.42 bits per heavy atom. The predicted molar refractivity (Wildman–Crippen MR) is 45.5 cm³/mol. The van der Waals surface area contributed by atoms with Crippen LogP contribution >= 0.6 is 12.6 Å². The van der Waals surface area contributed by atoms with Gasteiger partial charge in [-0.3, -0.25) is 0 Å². The molecule has 1 unspecified atom stereocenters. The fourth-order valence-electron chi connectivity index (χ4n) is 0.777. The summed E-state index contributed by atoms with van der Waals surface area (Å²) in [6, 6.07) is 8.54. The molecule has 3 nitrogen and oxygen atoms in total. The number of ether oxygens (including phenoxy) is 1. The predicted octanol–water partition coefficient (Wildman–Crippen LogP) is 2.01. The molecule has 0 saturated heterocycles. The molecule has 0 aliphatic carbocycles. The van der Waals surface area contributed by atoms with Gasteiger partial charge in [0, 0.05) is 18.2 Å². The van der Waals surface area contributed by atoms with Crippen molar-refractivity contribution in [1.29, 1.82) is 0 Å². The van der Waals surface area contributed by atoms with E-state index in [1.54, 1.807) is 30.3 Å². The number of benzene rings is 1. The molecule has 1 rings (SSSR count). The molecule has 63 valence electrons. The Labute approximate surface area is 75.4 Å². The maximum absolute atomic E-state index is 10.3. The number of carbonyl (C=O) groups excluding carboxylic acids is 1. The van der Waals surface area contributed by atoms with E-state index in [0.29, 0.717) is 5.56 Å². The zero-order valence-electron chi connectivity index (χ0n) is 6.14. The van der Waals surface area contributed by atoms with Crippen molar-refractivity contribution in [2.75, 3.05) is 0 Å². The lowest BCUT2D eigenvalue weighted by atomic mass is 10.2. The summed E-state index contributed by atoms with van der Waals surface area (Å²) in [5, 5.41) is 8.27. The molecule has 0 saturated carbocycles. The molecule has 0 aliphatic rings. The van der Waals surface area contributed by atoms with Crippen molar-refractivity contribution in [1.82, 2.24) is 0 Å². The summed E-state index contributed by atoms with van der Waals surface area (Å²) in [6.45, 7) is 0. The topological polar surface area (TPSA) is 46.5 Å². The third-order valence-corrected chi connectivity index (χ3v) is 1.39. The molecule has 4 heteroatoms. The van der Waals surface area contributed by atoms with Crippen LogP contribution in [0.4, 0.5) is 4.79 Å². The summed E-state index contributed by atoms with van der Waals surface area (Å²) in [5.41, 5.74) is 0.510. The molecule has 0 bridgehead atoms. The average Bonchev–Trinajstić information content (AvgIpc) is 2.05. The molecule has 1 aromatic carbocycles. The number of carbonyl (C=O) groups is 1. The van der Waals surface area contributed by atoms with E-state index >= 15 is 0 Å². The summed E-state index contributed by atoms with van der Waals surface area (Å²) in [6.07, 6.45) is -1.25. The first-order chi connectivity index (χ1) is 5.70. The minimum Gasteiger partial charge on any atom is -0.420 e. The number of aliphatic hydroxyl groups is 1. The fourth-order valence-corrected chi connectivity index (χ4v) is 0.868. The third-order valence-electron chi connectivity index (χ3n) is 1.29. The summed E-state index contributed by atoms with van der Waals surface area (Å²) >= 11 is 4.13. The molecule has 1 aromatic rings. The molecule has 0 aromatic heterocycles. The van der Waals surface area contributed by atoms with Crippen LogP contribution in [0.1, 0.15) is 11.9 Å². The zero-order valence-corrected chi connectivity index (χ0v) is 6.95. The lowest BCUT2D eigenvalue weighted by molar-refractivity contribution is -0.0436. The van der Waals surface area contributed by atoms with E-state index in [1.807, 2.05) is 0 Å². The van der Waals surface area contributed by atoms with Crippen LogP contribution in [0.25, 0.3) is 0 Å². The largest absolute Gasteiger partial charge is 0.420 e. The molecule has 1 N–H and O–H groups in total. The summed E-state index contributed by atoms with van der Waals surface area (Å²) in [5.74, 6) is 0. The number of hydrogen-bond donors (Lipinski definition) is 1. The van der Waals surface area contributed by atoms with Crippen molar-refractivity contribution in [3.8, 4) is 0 Å². The molecule has 0 fully saturated rings. The SMILES string of the molecule is O=C([S])OC(O)c1ccccc1. The highest BCUT2D eigenvalue weighted by Gasteiger charge is 2.09. The maximum atomic E-state index is 10.3. The Kier molecular flexibility index (Phi) is 3.01. The highest BCUT2D eigenvalue weighted by Crippen LogP contribution is 2.14. The fraction of sp³-hybridized carbons (Fsp3) is 0.125. The first-order valence-electron chi connectivity index (χ1n) is 3.31. The number of aliphatic hydroxyl groups excluding tert-OH is 1. The van der Waals surface area contributed by atoms with Crippen LogP contribution in [0.5, 0.6) is 0 Å². The van der Waals surface area contributed by atoms with Gasteiger partial charge in [-0.15, -0.1) is 0 Å². The molecule has 12 heavy (non-hydrogen) atoms. The second-order valence-electron chi connectivity index (χ2n) is 2.13. The van der Waals surface area contributed by atoms with E-state index in [4.69, 9.17) is 0 Å². The van der Waals surface area contributed by atoms with Crippen LogP contribution in [0.2, 0.25) is 0 Å². The van der Waals surface area contributed by atoms with E-state index in [9.17, 15) is 9.90 Å². The van der Waals surface area contributed by atoms with E-state index in [-0.39, 0.29) is 0 Å². The van der Waals surface area contributed by atoms with Crippen molar-refractivity contribution < 1.29 is 14.6 Å². The van der Waals surface area contributed by atoms with Gasteiger partial charge in [-0.1, -0.05) is 30.3 Å². The second kappa shape index (κ2) is 4.04. The number of hydrogen-bond acceptors (Lipinski definition) is 3. The van der Waals surface area contributed by atoms with E-state index < -0.39 is 11.6 Å². The van der Waals surface area contributed by atoms with Crippen LogP contribution in [0, 0.1) is 0 Å². The minimum absolute atomic E-state index is 0.510. The quantitative estimate of drug-likeness (QED) is 0.563. The van der Waals surface area contributed by atoms with Crippen molar-refractivity contribution in [3.63, 3.8) is 0 Å². The lowest BCUT2D eigenvalue weighted by Gasteiger charge is -2.08. The van der Waals surface area contributed by atoms with Crippen molar-refractivity contribution >= 4 is 17.9 Å². The number of rotatable bonds is 2. The molecule has 1 atom stereocenters. The van der Waals surface area contributed by atoms with Crippen molar-refractivity contribution in [3.05, 3.63) is 35.9 Å². The Balaban J connectivity index is 2.65. The smallest absolute Gasteiger partial charge is 0.402 e. The van der Waals surface area contributed by atoms with Crippen LogP contribution in [0.3, 0.4) is 0 Å². The van der Waals surface area contributed by atoms with E-state index in [2.05, 4.69) is 17.4 Å². The molecule has 0 spiro atoms.